The molecule has 0 spiro atoms. The molecule has 2 aliphatic rings. The molecule has 1 unspecified atom stereocenters. The van der Waals surface area contributed by atoms with Gasteiger partial charge in [0.25, 0.3) is 0 Å². The molecule has 168 valence electrons. The Labute approximate surface area is 181 Å². The first kappa shape index (κ1) is 22.7. The molecule has 0 saturated carbocycles. The second kappa shape index (κ2) is 10.9. The Hall–Kier alpha value is -1.99. The molecular weight excluding hydrogens is 378 g/mol. The summed E-state index contributed by atoms with van der Waals surface area (Å²) in [4.78, 5) is 9.77. The first-order valence-electron chi connectivity index (χ1n) is 11.3. The number of nitrogens with one attached hydrogen (secondary N) is 2. The highest BCUT2D eigenvalue weighted by molar-refractivity contribution is 5.80. The van der Waals surface area contributed by atoms with Crippen molar-refractivity contribution in [1.82, 2.24) is 15.5 Å². The predicted octanol–water partition coefficient (Wildman–Crippen LogP) is 2.33. The highest BCUT2D eigenvalue weighted by Crippen LogP contribution is 2.27. The Morgan fingerprint density at radius 2 is 2.13 bits per heavy atom. The van der Waals surface area contributed by atoms with E-state index in [2.05, 4.69) is 59.7 Å². The smallest absolute Gasteiger partial charge is 0.191 e. The molecule has 7 nitrogen and oxygen atoms in total. The Bertz CT molecular complexity index is 688. The van der Waals surface area contributed by atoms with Gasteiger partial charge in [-0.15, -0.1) is 0 Å². The molecule has 7 heteroatoms. The van der Waals surface area contributed by atoms with E-state index >= 15 is 0 Å². The predicted molar refractivity (Wildman–Crippen MR) is 124 cm³/mol. The number of anilines is 1. The summed E-state index contributed by atoms with van der Waals surface area (Å²) in [7, 11) is 6.04. The van der Waals surface area contributed by atoms with Gasteiger partial charge in [0.1, 0.15) is 5.75 Å². The fourth-order valence-corrected chi connectivity index (χ4v) is 4.37. The highest BCUT2D eigenvalue weighted by atomic mass is 16.5. The van der Waals surface area contributed by atoms with Gasteiger partial charge in [0.05, 0.1) is 13.7 Å². The minimum absolute atomic E-state index is 0.0831. The number of piperidine rings is 1. The van der Waals surface area contributed by atoms with Crippen LogP contribution in [-0.2, 0) is 4.74 Å². The van der Waals surface area contributed by atoms with Crippen molar-refractivity contribution in [2.24, 2.45) is 4.99 Å². The van der Waals surface area contributed by atoms with Crippen LogP contribution in [0.15, 0.2) is 29.3 Å². The Morgan fingerprint density at radius 1 is 1.33 bits per heavy atom. The van der Waals surface area contributed by atoms with Crippen LogP contribution in [0.3, 0.4) is 0 Å². The van der Waals surface area contributed by atoms with Gasteiger partial charge in [-0.2, -0.15) is 0 Å². The third-order valence-electron chi connectivity index (χ3n) is 6.43. The zero-order valence-electron chi connectivity index (χ0n) is 19.1. The maximum atomic E-state index is 5.60. The summed E-state index contributed by atoms with van der Waals surface area (Å²) < 4.78 is 11.0. The third kappa shape index (κ3) is 5.79. The summed E-state index contributed by atoms with van der Waals surface area (Å²) in [5.41, 5.74) is 1.30. The number of nitrogens with zero attached hydrogens (tertiary/aromatic N) is 3. The minimum Gasteiger partial charge on any atom is -0.497 e. The summed E-state index contributed by atoms with van der Waals surface area (Å²) in [6.07, 6.45) is 4.36. The van der Waals surface area contributed by atoms with Gasteiger partial charge in [-0.25, -0.2) is 0 Å². The largest absolute Gasteiger partial charge is 0.497 e. The van der Waals surface area contributed by atoms with Gasteiger partial charge in [-0.1, -0.05) is 6.07 Å². The Morgan fingerprint density at radius 3 is 2.83 bits per heavy atom. The molecule has 1 aromatic carbocycles. The van der Waals surface area contributed by atoms with Crippen molar-refractivity contribution in [3.8, 4) is 5.75 Å². The van der Waals surface area contributed by atoms with Gasteiger partial charge >= 0.3 is 0 Å². The van der Waals surface area contributed by atoms with E-state index in [0.29, 0.717) is 6.04 Å². The molecule has 1 atom stereocenters. The summed E-state index contributed by atoms with van der Waals surface area (Å²) in [5.74, 6) is 1.82. The number of benzene rings is 1. The number of aliphatic imine (C=N–C) groups is 1. The standard InChI is InChI=1S/C23H39N5O2/c1-5-24-22(25-18-23(27(2)3)11-14-30-15-12-23)26-19-8-7-13-28(17-19)20-9-6-10-21(16-20)29-4/h6,9-10,16,19H,5,7-8,11-15,17-18H2,1-4H3,(H2,24,25,26). The van der Waals surface area contributed by atoms with Crippen molar-refractivity contribution in [3.05, 3.63) is 24.3 Å². The van der Waals surface area contributed by atoms with E-state index in [4.69, 9.17) is 14.5 Å². The molecule has 2 saturated heterocycles. The molecule has 0 aromatic heterocycles. The lowest BCUT2D eigenvalue weighted by Gasteiger charge is -2.42. The van der Waals surface area contributed by atoms with Crippen LogP contribution in [0.25, 0.3) is 0 Å². The molecular formula is C23H39N5O2. The minimum atomic E-state index is 0.0831. The van der Waals surface area contributed by atoms with E-state index in [1.807, 2.05) is 6.07 Å². The maximum absolute atomic E-state index is 5.60. The maximum Gasteiger partial charge on any atom is 0.191 e. The fourth-order valence-electron chi connectivity index (χ4n) is 4.37. The highest BCUT2D eigenvalue weighted by Gasteiger charge is 2.34. The first-order valence-corrected chi connectivity index (χ1v) is 11.3. The van der Waals surface area contributed by atoms with Crippen LogP contribution in [-0.4, -0.2) is 83.0 Å². The number of likely N-dealkylation sites (N-methyl/N-ethyl adjacent to an activating group) is 1. The SMILES string of the molecule is CCNC(=NCC1(N(C)C)CCOCC1)NC1CCCN(c2cccc(OC)c2)C1. The van der Waals surface area contributed by atoms with Crippen LogP contribution in [0.5, 0.6) is 5.75 Å². The third-order valence-corrected chi connectivity index (χ3v) is 6.43. The Balaban J connectivity index is 1.65. The first-order chi connectivity index (χ1) is 14.6. The number of guanidine groups is 1. The lowest BCUT2D eigenvalue weighted by Crippen LogP contribution is -2.53. The van der Waals surface area contributed by atoms with Crippen molar-refractivity contribution < 1.29 is 9.47 Å². The monoisotopic (exact) mass is 417 g/mol. The van der Waals surface area contributed by atoms with E-state index < -0.39 is 0 Å². The molecule has 0 bridgehead atoms. The number of hydrogen-bond donors (Lipinski definition) is 2. The van der Waals surface area contributed by atoms with Gasteiger partial charge in [0, 0.05) is 56.2 Å². The van der Waals surface area contributed by atoms with Crippen LogP contribution < -0.4 is 20.3 Å². The number of methoxy groups -OCH3 is 1. The van der Waals surface area contributed by atoms with E-state index in [9.17, 15) is 0 Å². The number of rotatable bonds is 7. The number of hydrogen-bond acceptors (Lipinski definition) is 5. The van der Waals surface area contributed by atoms with Crippen molar-refractivity contribution in [1.29, 1.82) is 0 Å². The summed E-state index contributed by atoms with van der Waals surface area (Å²) in [5, 5.41) is 7.15. The second-order valence-electron chi connectivity index (χ2n) is 8.56. The van der Waals surface area contributed by atoms with Crippen LogP contribution >= 0.6 is 0 Å². The van der Waals surface area contributed by atoms with Crippen LogP contribution in [0.4, 0.5) is 5.69 Å². The molecule has 2 aliphatic heterocycles. The molecule has 1 aromatic rings. The van der Waals surface area contributed by atoms with Crippen molar-refractivity contribution >= 4 is 11.6 Å². The zero-order chi connectivity index (χ0) is 21.4. The quantitative estimate of drug-likeness (QED) is 0.525. The summed E-state index contributed by atoms with van der Waals surface area (Å²) >= 11 is 0. The molecule has 0 radical (unpaired) electrons. The van der Waals surface area contributed by atoms with Gasteiger partial charge < -0.3 is 29.9 Å². The molecule has 0 aliphatic carbocycles. The van der Waals surface area contributed by atoms with Crippen LogP contribution in [0, 0.1) is 0 Å². The average Bonchev–Trinajstić information content (AvgIpc) is 2.78. The topological polar surface area (TPSA) is 61.4 Å². The molecule has 30 heavy (non-hydrogen) atoms. The van der Waals surface area contributed by atoms with E-state index in [1.54, 1.807) is 7.11 Å². The van der Waals surface area contributed by atoms with Crippen LogP contribution in [0.1, 0.15) is 32.6 Å². The van der Waals surface area contributed by atoms with Crippen molar-refractivity contribution in [2.75, 3.05) is 65.5 Å². The fraction of sp³-hybridized carbons (Fsp3) is 0.696. The van der Waals surface area contributed by atoms with Gasteiger partial charge in [0.2, 0.25) is 0 Å². The zero-order valence-corrected chi connectivity index (χ0v) is 19.1. The van der Waals surface area contributed by atoms with E-state index in [-0.39, 0.29) is 5.54 Å². The summed E-state index contributed by atoms with van der Waals surface area (Å²) in [6.45, 7) is 7.43. The van der Waals surface area contributed by atoms with Crippen molar-refractivity contribution in [3.63, 3.8) is 0 Å². The van der Waals surface area contributed by atoms with E-state index in [1.165, 1.54) is 5.69 Å². The van der Waals surface area contributed by atoms with E-state index in [0.717, 1.165) is 76.8 Å². The van der Waals surface area contributed by atoms with Crippen molar-refractivity contribution in [2.45, 2.75) is 44.2 Å². The van der Waals surface area contributed by atoms with Crippen LogP contribution in [0.2, 0.25) is 0 Å². The van der Waals surface area contributed by atoms with Gasteiger partial charge in [-0.3, -0.25) is 4.99 Å². The summed E-state index contributed by atoms with van der Waals surface area (Å²) in [6, 6.07) is 8.71. The van der Waals surface area contributed by atoms with Gasteiger partial charge in [0.15, 0.2) is 5.96 Å². The average molecular weight is 418 g/mol. The molecule has 2 N–H and O–H groups in total. The van der Waals surface area contributed by atoms with Gasteiger partial charge in [-0.05, 0) is 58.8 Å². The second-order valence-corrected chi connectivity index (χ2v) is 8.56. The molecule has 2 heterocycles. The lowest BCUT2D eigenvalue weighted by atomic mass is 9.89. The lowest BCUT2D eigenvalue weighted by molar-refractivity contribution is -0.00255. The Kier molecular flexibility index (Phi) is 8.22. The number of ether oxygens (including phenoxy) is 2. The molecule has 0 amide bonds. The molecule has 3 rings (SSSR count). The normalized spacial score (nSPS) is 22.1. The molecule has 2 fully saturated rings.